The highest BCUT2D eigenvalue weighted by Gasteiger charge is 2.20. The van der Waals surface area contributed by atoms with Crippen LogP contribution in [0.5, 0.6) is 0 Å². The Morgan fingerprint density at radius 1 is 1.35 bits per heavy atom. The minimum absolute atomic E-state index is 0.193. The molecular weight excluding hydrogens is 214 g/mol. The lowest BCUT2D eigenvalue weighted by Gasteiger charge is -2.33. The molecule has 17 heavy (non-hydrogen) atoms. The van der Waals surface area contributed by atoms with Crippen molar-refractivity contribution in [3.8, 4) is 0 Å². The Morgan fingerprint density at radius 2 is 1.94 bits per heavy atom. The third kappa shape index (κ3) is 6.64. The average molecular weight is 241 g/mol. The molecule has 1 fully saturated rings. The first-order valence-electron chi connectivity index (χ1n) is 6.62. The fourth-order valence-corrected chi connectivity index (χ4v) is 2.13. The molecule has 0 aromatic heterocycles. The molecule has 100 valence electrons. The van der Waals surface area contributed by atoms with Crippen LogP contribution in [0.4, 0.5) is 0 Å². The van der Waals surface area contributed by atoms with Gasteiger partial charge in [-0.3, -0.25) is 4.79 Å². The molecule has 1 heterocycles. The number of amides is 1. The zero-order valence-corrected chi connectivity index (χ0v) is 11.5. The largest absolute Gasteiger partial charge is 0.370 e. The van der Waals surface area contributed by atoms with E-state index in [2.05, 4.69) is 31.0 Å². The smallest absolute Gasteiger partial charge is 0.218 e. The van der Waals surface area contributed by atoms with Gasteiger partial charge in [-0.2, -0.15) is 0 Å². The average Bonchev–Trinajstić information content (AvgIpc) is 2.24. The molecule has 0 radical (unpaired) electrons. The van der Waals surface area contributed by atoms with Crippen molar-refractivity contribution < 1.29 is 4.79 Å². The number of carbonyl (C=O) groups excluding carboxylic acids is 1. The minimum Gasteiger partial charge on any atom is -0.370 e. The van der Waals surface area contributed by atoms with E-state index in [1.54, 1.807) is 0 Å². The van der Waals surface area contributed by atoms with Gasteiger partial charge in [0.1, 0.15) is 0 Å². The maximum absolute atomic E-state index is 10.7. The summed E-state index contributed by atoms with van der Waals surface area (Å²) < 4.78 is 0. The molecule has 0 aliphatic carbocycles. The van der Waals surface area contributed by atoms with Crippen molar-refractivity contribution >= 4 is 5.91 Å². The highest BCUT2D eigenvalue weighted by atomic mass is 16.1. The molecule has 1 aliphatic heterocycles. The van der Waals surface area contributed by atoms with Gasteiger partial charge >= 0.3 is 0 Å². The molecule has 1 rings (SSSR count). The lowest BCUT2D eigenvalue weighted by molar-refractivity contribution is -0.118. The Labute approximate surface area is 105 Å². The quantitative estimate of drug-likeness (QED) is 0.754. The molecule has 0 aromatic carbocycles. The van der Waals surface area contributed by atoms with E-state index in [1.165, 1.54) is 12.8 Å². The van der Waals surface area contributed by atoms with E-state index in [4.69, 9.17) is 5.73 Å². The molecule has 0 aromatic rings. The fourth-order valence-electron chi connectivity index (χ4n) is 2.13. The van der Waals surface area contributed by atoms with Crippen LogP contribution in [-0.4, -0.2) is 42.5 Å². The van der Waals surface area contributed by atoms with E-state index in [1.807, 2.05) is 0 Å². The summed E-state index contributed by atoms with van der Waals surface area (Å²) in [6.45, 7) is 10.7. The van der Waals surface area contributed by atoms with Crippen molar-refractivity contribution in [3.05, 3.63) is 0 Å². The number of rotatable bonds is 5. The van der Waals surface area contributed by atoms with Gasteiger partial charge in [0.2, 0.25) is 5.91 Å². The maximum Gasteiger partial charge on any atom is 0.218 e. The Morgan fingerprint density at radius 3 is 2.41 bits per heavy atom. The second-order valence-corrected chi connectivity index (χ2v) is 6.13. The number of nitrogens with one attached hydrogen (secondary N) is 1. The van der Waals surface area contributed by atoms with Gasteiger partial charge in [-0.05, 0) is 59.2 Å². The molecule has 4 nitrogen and oxygen atoms in total. The molecule has 0 atom stereocenters. The summed E-state index contributed by atoms with van der Waals surface area (Å²) in [6, 6.07) is 0. The summed E-state index contributed by atoms with van der Waals surface area (Å²) in [6.07, 6.45) is 2.94. The van der Waals surface area contributed by atoms with Crippen molar-refractivity contribution in [2.45, 2.75) is 45.6 Å². The van der Waals surface area contributed by atoms with Gasteiger partial charge in [-0.25, -0.2) is 0 Å². The first-order valence-corrected chi connectivity index (χ1v) is 6.62. The van der Waals surface area contributed by atoms with Gasteiger partial charge in [-0.15, -0.1) is 0 Å². The number of carbonyl (C=O) groups is 1. The van der Waals surface area contributed by atoms with E-state index >= 15 is 0 Å². The second kappa shape index (κ2) is 6.36. The Kier molecular flexibility index (Phi) is 5.40. The van der Waals surface area contributed by atoms with Crippen LogP contribution in [0.1, 0.15) is 40.0 Å². The fraction of sp³-hybridized carbons (Fsp3) is 0.923. The summed E-state index contributed by atoms with van der Waals surface area (Å²) >= 11 is 0. The number of primary amides is 1. The third-order valence-electron chi connectivity index (χ3n) is 3.30. The van der Waals surface area contributed by atoms with Crippen molar-refractivity contribution in [1.82, 2.24) is 10.2 Å². The Balaban J connectivity index is 2.15. The molecule has 0 spiro atoms. The number of piperidine rings is 1. The van der Waals surface area contributed by atoms with Crippen LogP contribution < -0.4 is 11.1 Å². The molecule has 4 heteroatoms. The molecule has 1 aliphatic rings. The van der Waals surface area contributed by atoms with Crippen LogP contribution in [0.15, 0.2) is 0 Å². The number of nitrogens with zero attached hydrogens (tertiary/aromatic N) is 1. The van der Waals surface area contributed by atoms with E-state index in [-0.39, 0.29) is 11.4 Å². The summed E-state index contributed by atoms with van der Waals surface area (Å²) in [5.74, 6) is 0.584. The van der Waals surface area contributed by atoms with Gasteiger partial charge < -0.3 is 16.0 Å². The van der Waals surface area contributed by atoms with Crippen molar-refractivity contribution in [2.24, 2.45) is 11.7 Å². The molecular formula is C13H27N3O. The molecule has 0 saturated carbocycles. The van der Waals surface area contributed by atoms with Gasteiger partial charge in [0.05, 0.1) is 0 Å². The molecule has 0 unspecified atom stereocenters. The standard InChI is InChI=1S/C13H27N3O/c1-13(2,3)15-10-11-4-7-16(8-5-11)9-6-12(14)17/h11,15H,4-10H2,1-3H3,(H2,14,17). The predicted molar refractivity (Wildman–Crippen MR) is 70.7 cm³/mol. The molecule has 3 N–H and O–H groups in total. The second-order valence-electron chi connectivity index (χ2n) is 6.13. The zero-order chi connectivity index (χ0) is 12.9. The van der Waals surface area contributed by atoms with Crippen molar-refractivity contribution in [2.75, 3.05) is 26.2 Å². The zero-order valence-electron chi connectivity index (χ0n) is 11.5. The van der Waals surface area contributed by atoms with Crippen molar-refractivity contribution in [1.29, 1.82) is 0 Å². The normalized spacial score (nSPS) is 19.5. The van der Waals surface area contributed by atoms with Crippen LogP contribution in [0.2, 0.25) is 0 Å². The van der Waals surface area contributed by atoms with Gasteiger partial charge in [0, 0.05) is 18.5 Å². The lowest BCUT2D eigenvalue weighted by atomic mass is 9.95. The molecule has 1 amide bonds. The first-order chi connectivity index (χ1) is 7.87. The van der Waals surface area contributed by atoms with Crippen LogP contribution in [0.3, 0.4) is 0 Å². The monoisotopic (exact) mass is 241 g/mol. The number of likely N-dealkylation sites (tertiary alicyclic amines) is 1. The SMILES string of the molecule is CC(C)(C)NCC1CCN(CCC(N)=O)CC1. The van der Waals surface area contributed by atoms with Crippen LogP contribution in [0, 0.1) is 5.92 Å². The topological polar surface area (TPSA) is 58.4 Å². The first kappa shape index (κ1) is 14.5. The van der Waals surface area contributed by atoms with E-state index in [0.29, 0.717) is 6.42 Å². The van der Waals surface area contributed by atoms with Gasteiger partial charge in [0.25, 0.3) is 0 Å². The van der Waals surface area contributed by atoms with Crippen LogP contribution in [0.25, 0.3) is 0 Å². The summed E-state index contributed by atoms with van der Waals surface area (Å²) in [5.41, 5.74) is 5.37. The maximum atomic E-state index is 10.7. The summed E-state index contributed by atoms with van der Waals surface area (Å²) in [5, 5.41) is 3.56. The van der Waals surface area contributed by atoms with E-state index in [0.717, 1.165) is 32.1 Å². The van der Waals surface area contributed by atoms with E-state index < -0.39 is 0 Å². The third-order valence-corrected chi connectivity index (χ3v) is 3.30. The van der Waals surface area contributed by atoms with Gasteiger partial charge in [-0.1, -0.05) is 0 Å². The molecule has 0 bridgehead atoms. The minimum atomic E-state index is -0.193. The number of nitrogens with two attached hydrogens (primary N) is 1. The summed E-state index contributed by atoms with van der Waals surface area (Å²) in [7, 11) is 0. The number of hydrogen-bond acceptors (Lipinski definition) is 3. The highest BCUT2D eigenvalue weighted by molar-refractivity contribution is 5.73. The van der Waals surface area contributed by atoms with Gasteiger partial charge in [0.15, 0.2) is 0 Å². The molecule has 1 saturated heterocycles. The number of hydrogen-bond donors (Lipinski definition) is 2. The van der Waals surface area contributed by atoms with Crippen LogP contribution in [-0.2, 0) is 4.79 Å². The lowest BCUT2D eigenvalue weighted by Crippen LogP contribution is -2.43. The van der Waals surface area contributed by atoms with Crippen molar-refractivity contribution in [3.63, 3.8) is 0 Å². The summed E-state index contributed by atoms with van der Waals surface area (Å²) in [4.78, 5) is 13.1. The van der Waals surface area contributed by atoms with E-state index in [9.17, 15) is 4.79 Å². The highest BCUT2D eigenvalue weighted by Crippen LogP contribution is 2.17. The Hall–Kier alpha value is -0.610. The van der Waals surface area contributed by atoms with Crippen LogP contribution >= 0.6 is 0 Å². The Bertz CT molecular complexity index is 240. The predicted octanol–water partition coefficient (Wildman–Crippen LogP) is 0.962.